The summed E-state index contributed by atoms with van der Waals surface area (Å²) in [6.07, 6.45) is 0.542. The molecule has 5 nitrogen and oxygen atoms in total. The average Bonchev–Trinajstić information content (AvgIpc) is 2.73. The van der Waals surface area contributed by atoms with Crippen LogP contribution in [0.5, 0.6) is 5.75 Å². The predicted molar refractivity (Wildman–Crippen MR) is 119 cm³/mol. The highest BCUT2D eigenvalue weighted by Gasteiger charge is 2.27. The highest BCUT2D eigenvalue weighted by Crippen LogP contribution is 2.20. The van der Waals surface area contributed by atoms with Gasteiger partial charge in [-0.1, -0.05) is 42.8 Å². The maximum Gasteiger partial charge on any atom is 0.242 e. The molecule has 0 aliphatic heterocycles. The second-order valence-electron chi connectivity index (χ2n) is 6.53. The number of hydrogen-bond donors (Lipinski definition) is 1. The van der Waals surface area contributed by atoms with Crippen LogP contribution in [0.2, 0.25) is 5.02 Å². The number of carbonyl (C=O) groups is 2. The molecular weight excluding hydrogens is 408 g/mol. The Morgan fingerprint density at radius 1 is 1.17 bits per heavy atom. The molecule has 0 aromatic heterocycles. The molecule has 0 radical (unpaired) electrons. The Balaban J connectivity index is 2.09. The Labute approximate surface area is 181 Å². The summed E-state index contributed by atoms with van der Waals surface area (Å²) in [4.78, 5) is 27.0. The summed E-state index contributed by atoms with van der Waals surface area (Å²) >= 11 is 7.54. The van der Waals surface area contributed by atoms with Crippen molar-refractivity contribution >= 4 is 35.2 Å². The van der Waals surface area contributed by atoms with Gasteiger partial charge in [0.1, 0.15) is 11.8 Å². The van der Waals surface area contributed by atoms with Gasteiger partial charge in [0.15, 0.2) is 0 Å². The van der Waals surface area contributed by atoms with E-state index < -0.39 is 6.04 Å². The number of amides is 2. The van der Waals surface area contributed by atoms with E-state index in [2.05, 4.69) is 5.32 Å². The number of hydrogen-bond acceptors (Lipinski definition) is 4. The molecule has 2 amide bonds. The normalized spacial score (nSPS) is 11.6. The zero-order valence-electron chi connectivity index (χ0n) is 17.0. The molecule has 0 spiro atoms. The summed E-state index contributed by atoms with van der Waals surface area (Å²) in [5.74, 6) is 1.50. The summed E-state index contributed by atoms with van der Waals surface area (Å²) in [5, 5.41) is 3.35. The summed E-state index contributed by atoms with van der Waals surface area (Å²) in [6, 6.07) is 14.6. The van der Waals surface area contributed by atoms with Gasteiger partial charge in [0, 0.05) is 24.4 Å². The molecule has 0 aliphatic rings. The van der Waals surface area contributed by atoms with Crippen molar-refractivity contribution < 1.29 is 14.3 Å². The first-order valence-corrected chi connectivity index (χ1v) is 11.0. The van der Waals surface area contributed by atoms with Crippen molar-refractivity contribution in [1.29, 1.82) is 0 Å². The molecule has 0 aliphatic carbocycles. The Morgan fingerprint density at radius 2 is 1.90 bits per heavy atom. The van der Waals surface area contributed by atoms with Crippen molar-refractivity contribution in [1.82, 2.24) is 10.2 Å². The third-order valence-electron chi connectivity index (χ3n) is 4.53. The number of thioether (sulfide) groups is 1. The molecule has 0 saturated carbocycles. The van der Waals surface area contributed by atoms with Crippen molar-refractivity contribution in [2.24, 2.45) is 0 Å². The molecule has 1 N–H and O–H groups in total. The molecular formula is C22H27ClN2O3S. The van der Waals surface area contributed by atoms with Crippen LogP contribution in [0.1, 0.15) is 24.5 Å². The van der Waals surface area contributed by atoms with Crippen LogP contribution in [-0.2, 0) is 21.9 Å². The standard InChI is InChI=1S/C22H27ClN2O3S/c1-4-20(22(27)24-2)25(13-16-8-10-19(28-3)11-9-16)21(26)15-29-14-17-6-5-7-18(23)12-17/h5-12,20H,4,13-15H2,1-3H3,(H,24,27). The largest absolute Gasteiger partial charge is 0.497 e. The fraction of sp³-hybridized carbons (Fsp3) is 0.364. The third-order valence-corrected chi connectivity index (χ3v) is 5.75. The van der Waals surface area contributed by atoms with Crippen LogP contribution in [0, 0.1) is 0 Å². The molecule has 0 saturated heterocycles. The quantitative estimate of drug-likeness (QED) is 0.610. The first-order chi connectivity index (χ1) is 14.0. The number of likely N-dealkylation sites (N-methyl/N-ethyl adjacent to an activating group) is 1. The number of nitrogens with one attached hydrogen (secondary N) is 1. The van der Waals surface area contributed by atoms with Crippen LogP contribution in [0.4, 0.5) is 0 Å². The summed E-state index contributed by atoms with van der Waals surface area (Å²) in [6.45, 7) is 2.28. The fourth-order valence-electron chi connectivity index (χ4n) is 2.98. The van der Waals surface area contributed by atoms with E-state index in [1.165, 1.54) is 11.8 Å². The average molecular weight is 435 g/mol. The lowest BCUT2D eigenvalue weighted by Gasteiger charge is -2.30. The van der Waals surface area contributed by atoms with Gasteiger partial charge in [0.2, 0.25) is 11.8 Å². The molecule has 7 heteroatoms. The van der Waals surface area contributed by atoms with Gasteiger partial charge in [-0.15, -0.1) is 11.8 Å². The van der Waals surface area contributed by atoms with E-state index in [1.807, 2.05) is 55.5 Å². The number of benzene rings is 2. The van der Waals surface area contributed by atoms with E-state index in [0.29, 0.717) is 23.7 Å². The van der Waals surface area contributed by atoms with Gasteiger partial charge in [-0.05, 0) is 41.8 Å². The Kier molecular flexibility index (Phi) is 9.35. The summed E-state index contributed by atoms with van der Waals surface area (Å²) < 4.78 is 5.19. The maximum atomic E-state index is 13.0. The molecule has 156 valence electrons. The second-order valence-corrected chi connectivity index (χ2v) is 7.95. The highest BCUT2D eigenvalue weighted by atomic mass is 35.5. The number of methoxy groups -OCH3 is 1. The van der Waals surface area contributed by atoms with Crippen molar-refractivity contribution in [2.45, 2.75) is 31.7 Å². The minimum absolute atomic E-state index is 0.0664. The smallest absolute Gasteiger partial charge is 0.242 e. The van der Waals surface area contributed by atoms with E-state index in [4.69, 9.17) is 16.3 Å². The summed E-state index contributed by atoms with van der Waals surface area (Å²) in [5.41, 5.74) is 2.01. The molecule has 2 rings (SSSR count). The maximum absolute atomic E-state index is 13.0. The van der Waals surface area contributed by atoms with Crippen LogP contribution < -0.4 is 10.1 Å². The minimum Gasteiger partial charge on any atom is -0.497 e. The Morgan fingerprint density at radius 3 is 2.48 bits per heavy atom. The van der Waals surface area contributed by atoms with E-state index in [-0.39, 0.29) is 17.6 Å². The SMILES string of the molecule is CCC(C(=O)NC)N(Cc1ccc(OC)cc1)C(=O)CSCc1cccc(Cl)c1. The summed E-state index contributed by atoms with van der Waals surface area (Å²) in [7, 11) is 3.20. The third kappa shape index (κ3) is 6.98. The van der Waals surface area contributed by atoms with E-state index in [0.717, 1.165) is 16.9 Å². The van der Waals surface area contributed by atoms with Gasteiger partial charge in [-0.2, -0.15) is 0 Å². The monoisotopic (exact) mass is 434 g/mol. The van der Waals surface area contributed by atoms with Crippen molar-refractivity contribution in [2.75, 3.05) is 19.9 Å². The molecule has 0 fully saturated rings. The molecule has 29 heavy (non-hydrogen) atoms. The number of carbonyl (C=O) groups excluding carboxylic acids is 2. The van der Waals surface area contributed by atoms with Gasteiger partial charge in [0.25, 0.3) is 0 Å². The predicted octanol–water partition coefficient (Wildman–Crippen LogP) is 4.14. The zero-order chi connectivity index (χ0) is 21.2. The van der Waals surface area contributed by atoms with Gasteiger partial charge < -0.3 is 15.0 Å². The molecule has 0 bridgehead atoms. The Hall–Kier alpha value is -2.18. The van der Waals surface area contributed by atoms with Crippen LogP contribution in [0.15, 0.2) is 48.5 Å². The number of nitrogens with zero attached hydrogens (tertiary/aromatic N) is 1. The fourth-order valence-corrected chi connectivity index (χ4v) is 4.05. The molecule has 2 aromatic rings. The van der Waals surface area contributed by atoms with Gasteiger partial charge in [-0.3, -0.25) is 9.59 Å². The molecule has 2 aromatic carbocycles. The molecule has 0 heterocycles. The second kappa shape index (κ2) is 11.7. The number of rotatable bonds is 10. The lowest BCUT2D eigenvalue weighted by atomic mass is 10.1. The number of halogens is 1. The zero-order valence-corrected chi connectivity index (χ0v) is 18.6. The molecule has 1 atom stereocenters. The molecule has 1 unspecified atom stereocenters. The van der Waals surface area contributed by atoms with Gasteiger partial charge in [-0.25, -0.2) is 0 Å². The minimum atomic E-state index is -0.513. The highest BCUT2D eigenvalue weighted by molar-refractivity contribution is 7.99. The topological polar surface area (TPSA) is 58.6 Å². The van der Waals surface area contributed by atoms with E-state index >= 15 is 0 Å². The Bertz CT molecular complexity index is 814. The lowest BCUT2D eigenvalue weighted by molar-refractivity contribution is -0.139. The van der Waals surface area contributed by atoms with Crippen molar-refractivity contribution in [3.05, 3.63) is 64.7 Å². The lowest BCUT2D eigenvalue weighted by Crippen LogP contribution is -2.48. The van der Waals surface area contributed by atoms with Crippen LogP contribution >= 0.6 is 23.4 Å². The number of ether oxygens (including phenoxy) is 1. The van der Waals surface area contributed by atoms with Gasteiger partial charge >= 0.3 is 0 Å². The van der Waals surface area contributed by atoms with Crippen LogP contribution in [0.3, 0.4) is 0 Å². The van der Waals surface area contributed by atoms with Crippen LogP contribution in [-0.4, -0.2) is 42.7 Å². The van der Waals surface area contributed by atoms with E-state index in [9.17, 15) is 9.59 Å². The van der Waals surface area contributed by atoms with Gasteiger partial charge in [0.05, 0.1) is 12.9 Å². The van der Waals surface area contributed by atoms with E-state index in [1.54, 1.807) is 19.1 Å². The first-order valence-electron chi connectivity index (χ1n) is 9.44. The van der Waals surface area contributed by atoms with Crippen molar-refractivity contribution in [3.8, 4) is 5.75 Å². The van der Waals surface area contributed by atoms with Crippen LogP contribution in [0.25, 0.3) is 0 Å². The first kappa shape index (κ1) is 23.1. The van der Waals surface area contributed by atoms with Crippen molar-refractivity contribution in [3.63, 3.8) is 0 Å².